The number of anilines is 1. The average Bonchev–Trinajstić information content (AvgIpc) is 3.40. The number of nitrogens with zero attached hydrogens (tertiary/aromatic N) is 3. The predicted molar refractivity (Wildman–Crippen MR) is 121 cm³/mol. The summed E-state index contributed by atoms with van der Waals surface area (Å²) < 4.78 is 26.0. The van der Waals surface area contributed by atoms with Crippen molar-refractivity contribution in [2.45, 2.75) is 13.8 Å². The fraction of sp³-hybridized carbons (Fsp3) is 0.174. The summed E-state index contributed by atoms with van der Waals surface area (Å²) in [4.78, 5) is 17.0. The molecule has 2 heterocycles. The Hall–Kier alpha value is -3.72. The monoisotopic (exact) mass is 452 g/mol. The summed E-state index contributed by atoms with van der Waals surface area (Å²) in [6.07, 6.45) is 0. The van der Waals surface area contributed by atoms with Crippen LogP contribution in [0.1, 0.15) is 12.6 Å². The van der Waals surface area contributed by atoms with Gasteiger partial charge >= 0.3 is 0 Å². The van der Waals surface area contributed by atoms with Crippen molar-refractivity contribution in [2.24, 2.45) is 0 Å². The third kappa shape index (κ3) is 4.94. The number of halogens is 1. The van der Waals surface area contributed by atoms with Crippen LogP contribution in [0.15, 0.2) is 60.0 Å². The van der Waals surface area contributed by atoms with Gasteiger partial charge in [-0.05, 0) is 50.2 Å². The topological polar surface area (TPSA) is 78.3 Å². The Kier molecular flexibility index (Phi) is 6.46. The minimum Gasteiger partial charge on any atom is -0.494 e. The summed E-state index contributed by atoms with van der Waals surface area (Å²) >= 11 is 1.40. The van der Waals surface area contributed by atoms with E-state index in [1.807, 2.05) is 43.5 Å². The zero-order valence-electron chi connectivity index (χ0n) is 17.5. The van der Waals surface area contributed by atoms with Gasteiger partial charge in [0.05, 0.1) is 18.0 Å². The molecule has 0 atom stereocenters. The van der Waals surface area contributed by atoms with E-state index in [0.717, 1.165) is 17.0 Å². The summed E-state index contributed by atoms with van der Waals surface area (Å²) in [5.41, 5.74) is 2.46. The van der Waals surface area contributed by atoms with E-state index in [2.05, 4.69) is 15.4 Å². The first-order valence-electron chi connectivity index (χ1n) is 9.96. The fourth-order valence-corrected chi connectivity index (χ4v) is 3.80. The third-order valence-corrected chi connectivity index (χ3v) is 5.24. The smallest absolute Gasteiger partial charge is 0.263 e. The molecule has 0 saturated heterocycles. The van der Waals surface area contributed by atoms with E-state index in [1.165, 1.54) is 23.5 Å². The Morgan fingerprint density at radius 2 is 1.94 bits per heavy atom. The van der Waals surface area contributed by atoms with Crippen LogP contribution in [0.4, 0.5) is 10.2 Å². The maximum Gasteiger partial charge on any atom is 0.263 e. The summed E-state index contributed by atoms with van der Waals surface area (Å²) in [6, 6.07) is 15.4. The Morgan fingerprint density at radius 3 is 2.69 bits per heavy atom. The molecule has 0 fully saturated rings. The van der Waals surface area contributed by atoms with E-state index in [1.54, 1.807) is 22.9 Å². The van der Waals surface area contributed by atoms with E-state index in [4.69, 9.17) is 9.47 Å². The largest absolute Gasteiger partial charge is 0.494 e. The number of hydrogen-bond acceptors (Lipinski definition) is 6. The zero-order chi connectivity index (χ0) is 22.5. The maximum atomic E-state index is 13.7. The Morgan fingerprint density at radius 1 is 1.16 bits per heavy atom. The molecule has 0 bridgehead atoms. The second-order valence-electron chi connectivity index (χ2n) is 6.82. The molecular formula is C23H21FN4O3S. The van der Waals surface area contributed by atoms with Crippen molar-refractivity contribution in [1.82, 2.24) is 14.8 Å². The molecule has 2 aromatic heterocycles. The number of ether oxygens (including phenoxy) is 2. The van der Waals surface area contributed by atoms with Gasteiger partial charge in [-0.25, -0.2) is 9.37 Å². The summed E-state index contributed by atoms with van der Waals surface area (Å²) in [5, 5.41) is 9.72. The third-order valence-electron chi connectivity index (χ3n) is 4.43. The van der Waals surface area contributed by atoms with Crippen LogP contribution in [0.3, 0.4) is 0 Å². The highest BCUT2D eigenvalue weighted by atomic mass is 32.1. The number of amides is 1. The summed E-state index contributed by atoms with van der Waals surface area (Å²) in [5.74, 6) is 0.324. The number of carbonyl (C=O) groups is 1. The van der Waals surface area contributed by atoms with Crippen molar-refractivity contribution in [1.29, 1.82) is 0 Å². The first-order chi connectivity index (χ1) is 15.5. The zero-order valence-corrected chi connectivity index (χ0v) is 18.4. The number of aryl methyl sites for hydroxylation is 1. The number of carbonyl (C=O) groups excluding carboxylic acids is 1. The van der Waals surface area contributed by atoms with Gasteiger partial charge in [0.15, 0.2) is 18.2 Å². The first-order valence-corrected chi connectivity index (χ1v) is 10.8. The molecule has 4 aromatic rings. The maximum absolute atomic E-state index is 13.7. The van der Waals surface area contributed by atoms with Gasteiger partial charge in [0, 0.05) is 17.0 Å². The van der Waals surface area contributed by atoms with Crippen LogP contribution in [0, 0.1) is 12.7 Å². The molecule has 0 spiro atoms. The lowest BCUT2D eigenvalue weighted by molar-refractivity contribution is -0.118. The van der Waals surface area contributed by atoms with Crippen LogP contribution in [-0.4, -0.2) is 33.9 Å². The van der Waals surface area contributed by atoms with Crippen molar-refractivity contribution in [3.63, 3.8) is 0 Å². The van der Waals surface area contributed by atoms with E-state index >= 15 is 0 Å². The number of hydrogen-bond donors (Lipinski definition) is 1. The fourth-order valence-electron chi connectivity index (χ4n) is 3.00. The van der Waals surface area contributed by atoms with Crippen molar-refractivity contribution in [2.75, 3.05) is 18.5 Å². The lowest BCUT2D eigenvalue weighted by Crippen LogP contribution is -2.22. The van der Waals surface area contributed by atoms with Crippen LogP contribution in [-0.2, 0) is 4.79 Å². The van der Waals surface area contributed by atoms with Gasteiger partial charge < -0.3 is 14.8 Å². The molecule has 1 amide bonds. The van der Waals surface area contributed by atoms with Crippen LogP contribution < -0.4 is 14.8 Å². The first kappa shape index (κ1) is 21.5. The van der Waals surface area contributed by atoms with E-state index in [0.29, 0.717) is 23.3 Å². The van der Waals surface area contributed by atoms with Gasteiger partial charge in [-0.2, -0.15) is 9.78 Å². The molecule has 2 aromatic carbocycles. The second kappa shape index (κ2) is 9.61. The number of nitrogens with one attached hydrogen (secondary N) is 1. The number of aromatic nitrogens is 3. The lowest BCUT2D eigenvalue weighted by Gasteiger charge is -2.08. The molecule has 32 heavy (non-hydrogen) atoms. The summed E-state index contributed by atoms with van der Waals surface area (Å²) in [6.45, 7) is 4.04. The summed E-state index contributed by atoms with van der Waals surface area (Å²) in [7, 11) is 0. The van der Waals surface area contributed by atoms with Crippen LogP contribution in [0.25, 0.3) is 16.4 Å². The number of rotatable bonds is 8. The molecule has 164 valence electrons. The Labute approximate surface area is 188 Å². The van der Waals surface area contributed by atoms with Gasteiger partial charge in [-0.15, -0.1) is 11.3 Å². The van der Waals surface area contributed by atoms with Crippen LogP contribution in [0.5, 0.6) is 11.5 Å². The molecule has 0 aliphatic rings. The molecule has 0 saturated carbocycles. The second-order valence-corrected chi connectivity index (χ2v) is 7.66. The highest BCUT2D eigenvalue weighted by molar-refractivity contribution is 7.12. The van der Waals surface area contributed by atoms with Crippen LogP contribution >= 0.6 is 11.3 Å². The molecule has 9 heteroatoms. The molecule has 0 radical (unpaired) electrons. The van der Waals surface area contributed by atoms with Gasteiger partial charge in [0.1, 0.15) is 11.6 Å². The minimum atomic E-state index is -0.522. The molecule has 7 nitrogen and oxygen atoms in total. The van der Waals surface area contributed by atoms with Gasteiger partial charge in [-0.3, -0.25) is 4.79 Å². The molecule has 0 aliphatic heterocycles. The standard InChI is InChI=1S/C23H21FN4O3S/c1-3-30-17-10-8-16(9-11-17)19-14-32-23(25-19)28-21(12-15(2)27-28)26-22(29)13-31-20-7-5-4-6-18(20)24/h4-12,14H,3,13H2,1-2H3,(H,26,29). The number of para-hydroxylation sites is 1. The van der Waals surface area contributed by atoms with Crippen molar-refractivity contribution in [3.05, 3.63) is 71.5 Å². The minimum absolute atomic E-state index is 0.0206. The normalized spacial score (nSPS) is 10.7. The van der Waals surface area contributed by atoms with Gasteiger partial charge in [0.25, 0.3) is 5.91 Å². The average molecular weight is 453 g/mol. The van der Waals surface area contributed by atoms with Gasteiger partial charge in [-0.1, -0.05) is 12.1 Å². The van der Waals surface area contributed by atoms with Crippen molar-refractivity contribution in [3.8, 4) is 27.9 Å². The molecule has 0 unspecified atom stereocenters. The Bertz CT molecular complexity index is 1220. The van der Waals surface area contributed by atoms with Gasteiger partial charge in [0.2, 0.25) is 5.13 Å². The Balaban J connectivity index is 1.47. The predicted octanol–water partition coefficient (Wildman–Crippen LogP) is 4.86. The molecule has 4 rings (SSSR count). The number of thiazole rings is 1. The van der Waals surface area contributed by atoms with E-state index in [-0.39, 0.29) is 12.4 Å². The van der Waals surface area contributed by atoms with E-state index < -0.39 is 11.7 Å². The highest BCUT2D eigenvalue weighted by Crippen LogP contribution is 2.27. The molecule has 1 N–H and O–H groups in total. The lowest BCUT2D eigenvalue weighted by atomic mass is 10.2. The number of benzene rings is 2. The quantitative estimate of drug-likeness (QED) is 0.413. The molecular weight excluding hydrogens is 431 g/mol. The highest BCUT2D eigenvalue weighted by Gasteiger charge is 2.15. The van der Waals surface area contributed by atoms with Crippen molar-refractivity contribution < 1.29 is 18.7 Å². The van der Waals surface area contributed by atoms with Crippen LogP contribution in [0.2, 0.25) is 0 Å². The SMILES string of the molecule is CCOc1ccc(-c2csc(-n3nc(C)cc3NC(=O)COc3ccccc3F)n2)cc1. The van der Waals surface area contributed by atoms with Crippen molar-refractivity contribution >= 4 is 23.1 Å². The van der Waals surface area contributed by atoms with E-state index in [9.17, 15) is 9.18 Å². The molecule has 0 aliphatic carbocycles.